The van der Waals surface area contributed by atoms with Gasteiger partial charge in [0.05, 0.1) is 2.88 Å². The molecule has 0 amide bonds. The molecule has 3 heteroatoms. The zero-order valence-corrected chi connectivity index (χ0v) is 14.9. The summed E-state index contributed by atoms with van der Waals surface area (Å²) in [6.07, 6.45) is 3.83. The highest BCUT2D eigenvalue weighted by Crippen LogP contribution is 2.37. The van der Waals surface area contributed by atoms with Crippen molar-refractivity contribution in [2.45, 2.75) is 45.2 Å². The van der Waals surface area contributed by atoms with E-state index in [2.05, 4.69) is 72.1 Å². The summed E-state index contributed by atoms with van der Waals surface area (Å²) in [5.41, 5.74) is 4.28. The standard InChI is InChI=1S/C17H20INS/c1-11-5-3-6-13(9-11)12(2)19-15-7-4-8-16-14(15)10-17(18)20-16/h3,5-6,9-10,12,15,19H,4,7-8H2,1-2H3/t12-,15?/m1/s1. The van der Waals surface area contributed by atoms with E-state index in [0.29, 0.717) is 12.1 Å². The average molecular weight is 397 g/mol. The van der Waals surface area contributed by atoms with Crippen LogP contribution in [-0.2, 0) is 6.42 Å². The fourth-order valence-corrected chi connectivity index (χ4v) is 5.15. The molecule has 0 radical (unpaired) electrons. The third-order valence-corrected chi connectivity index (χ3v) is 6.05. The van der Waals surface area contributed by atoms with Crippen molar-refractivity contribution in [3.05, 3.63) is 54.8 Å². The third-order valence-electron chi connectivity index (χ3n) is 4.08. The molecule has 1 aliphatic rings. The summed E-state index contributed by atoms with van der Waals surface area (Å²) in [7, 11) is 0. The molecular weight excluding hydrogens is 377 g/mol. The first-order valence-corrected chi connectivity index (χ1v) is 9.14. The Balaban J connectivity index is 1.78. The number of nitrogens with one attached hydrogen (secondary N) is 1. The minimum Gasteiger partial charge on any atom is -0.303 e. The molecule has 0 bridgehead atoms. The highest BCUT2D eigenvalue weighted by atomic mass is 127. The number of fused-ring (bicyclic) bond motifs is 1. The Labute approximate surface area is 138 Å². The number of rotatable bonds is 3. The molecular formula is C17H20INS. The molecule has 20 heavy (non-hydrogen) atoms. The first-order valence-electron chi connectivity index (χ1n) is 7.24. The molecule has 2 aromatic rings. The van der Waals surface area contributed by atoms with E-state index in [-0.39, 0.29) is 0 Å². The van der Waals surface area contributed by atoms with Gasteiger partial charge in [-0.1, -0.05) is 29.8 Å². The first-order chi connectivity index (χ1) is 9.63. The van der Waals surface area contributed by atoms with E-state index >= 15 is 0 Å². The van der Waals surface area contributed by atoms with Crippen LogP contribution in [0, 0.1) is 9.81 Å². The van der Waals surface area contributed by atoms with Gasteiger partial charge in [-0.25, -0.2) is 0 Å². The lowest BCUT2D eigenvalue weighted by Crippen LogP contribution is -2.27. The molecule has 1 N–H and O–H groups in total. The second-order valence-electron chi connectivity index (χ2n) is 5.68. The lowest BCUT2D eigenvalue weighted by atomic mass is 9.92. The number of benzene rings is 1. The molecule has 3 rings (SSSR count). The fraction of sp³-hybridized carbons (Fsp3) is 0.412. The Hall–Kier alpha value is -0.390. The first kappa shape index (κ1) is 14.5. The van der Waals surface area contributed by atoms with E-state index in [9.17, 15) is 0 Å². The van der Waals surface area contributed by atoms with Crippen LogP contribution in [0.4, 0.5) is 0 Å². The van der Waals surface area contributed by atoms with Crippen molar-refractivity contribution in [1.29, 1.82) is 0 Å². The summed E-state index contributed by atoms with van der Waals surface area (Å²) in [6.45, 7) is 4.44. The van der Waals surface area contributed by atoms with Gasteiger partial charge >= 0.3 is 0 Å². The Morgan fingerprint density at radius 3 is 3.00 bits per heavy atom. The van der Waals surface area contributed by atoms with Crippen LogP contribution in [0.5, 0.6) is 0 Å². The normalized spacial score (nSPS) is 19.6. The predicted octanol–water partition coefficient (Wildman–Crippen LogP) is 5.39. The van der Waals surface area contributed by atoms with Crippen LogP contribution < -0.4 is 5.32 Å². The summed E-state index contributed by atoms with van der Waals surface area (Å²) in [6, 6.07) is 12.1. The van der Waals surface area contributed by atoms with E-state index in [1.165, 1.54) is 33.3 Å². The predicted molar refractivity (Wildman–Crippen MR) is 95.4 cm³/mol. The maximum atomic E-state index is 3.84. The van der Waals surface area contributed by atoms with Gasteiger partial charge in [-0.05, 0) is 72.9 Å². The number of hydrogen-bond acceptors (Lipinski definition) is 2. The quantitative estimate of drug-likeness (QED) is 0.685. The minimum atomic E-state index is 0.406. The van der Waals surface area contributed by atoms with Crippen molar-refractivity contribution in [2.24, 2.45) is 0 Å². The zero-order valence-electron chi connectivity index (χ0n) is 11.9. The van der Waals surface area contributed by atoms with Crippen molar-refractivity contribution in [2.75, 3.05) is 0 Å². The lowest BCUT2D eigenvalue weighted by molar-refractivity contribution is 0.418. The molecule has 0 saturated carbocycles. The average Bonchev–Trinajstić information content (AvgIpc) is 2.80. The van der Waals surface area contributed by atoms with E-state index in [0.717, 1.165) is 0 Å². The Kier molecular flexibility index (Phi) is 4.48. The summed E-state index contributed by atoms with van der Waals surface area (Å²) in [5.74, 6) is 0. The molecule has 0 aliphatic heterocycles. The summed E-state index contributed by atoms with van der Waals surface area (Å²) in [5, 5.41) is 3.84. The van der Waals surface area contributed by atoms with Crippen LogP contribution >= 0.6 is 33.9 Å². The molecule has 0 saturated heterocycles. The van der Waals surface area contributed by atoms with Crippen molar-refractivity contribution >= 4 is 33.9 Å². The summed E-state index contributed by atoms with van der Waals surface area (Å²) in [4.78, 5) is 1.59. The maximum Gasteiger partial charge on any atom is 0.0659 e. The smallest absolute Gasteiger partial charge is 0.0659 e. The molecule has 1 aromatic heterocycles. The highest BCUT2D eigenvalue weighted by molar-refractivity contribution is 14.1. The van der Waals surface area contributed by atoms with Crippen molar-refractivity contribution in [3.8, 4) is 0 Å². The molecule has 1 aliphatic carbocycles. The zero-order chi connectivity index (χ0) is 14.1. The molecule has 1 unspecified atom stereocenters. The van der Waals surface area contributed by atoms with Gasteiger partial charge in [0, 0.05) is 17.0 Å². The van der Waals surface area contributed by atoms with Gasteiger partial charge in [-0.15, -0.1) is 11.3 Å². The molecule has 0 spiro atoms. The van der Waals surface area contributed by atoms with Crippen LogP contribution in [0.15, 0.2) is 30.3 Å². The lowest BCUT2D eigenvalue weighted by Gasteiger charge is -2.27. The van der Waals surface area contributed by atoms with E-state index < -0.39 is 0 Å². The van der Waals surface area contributed by atoms with Gasteiger partial charge in [0.25, 0.3) is 0 Å². The number of hydrogen-bond donors (Lipinski definition) is 1. The van der Waals surface area contributed by atoms with Crippen LogP contribution in [-0.4, -0.2) is 0 Å². The number of halogens is 1. The largest absolute Gasteiger partial charge is 0.303 e. The van der Waals surface area contributed by atoms with Crippen molar-refractivity contribution < 1.29 is 0 Å². The summed E-state index contributed by atoms with van der Waals surface area (Å²) >= 11 is 4.42. The van der Waals surface area contributed by atoms with Crippen molar-refractivity contribution in [3.63, 3.8) is 0 Å². The molecule has 0 fully saturated rings. The molecule has 106 valence electrons. The SMILES string of the molecule is Cc1cccc([C@@H](C)NC2CCCc3sc(I)cc32)c1. The Morgan fingerprint density at radius 2 is 2.20 bits per heavy atom. The van der Waals surface area contributed by atoms with E-state index in [1.54, 1.807) is 10.4 Å². The molecule has 2 atom stereocenters. The maximum absolute atomic E-state index is 3.84. The van der Waals surface area contributed by atoms with Gasteiger partial charge in [0.2, 0.25) is 0 Å². The topological polar surface area (TPSA) is 12.0 Å². The van der Waals surface area contributed by atoms with Gasteiger partial charge in [-0.2, -0.15) is 0 Å². The van der Waals surface area contributed by atoms with Gasteiger partial charge in [0.15, 0.2) is 0 Å². The second kappa shape index (κ2) is 6.16. The minimum absolute atomic E-state index is 0.406. The van der Waals surface area contributed by atoms with Crippen LogP contribution in [0.2, 0.25) is 0 Å². The van der Waals surface area contributed by atoms with Gasteiger partial charge < -0.3 is 5.32 Å². The van der Waals surface area contributed by atoms with Crippen molar-refractivity contribution in [1.82, 2.24) is 5.32 Å². The molecule has 1 aromatic carbocycles. The van der Waals surface area contributed by atoms with Gasteiger partial charge in [-0.3, -0.25) is 0 Å². The Bertz CT molecular complexity index is 605. The highest BCUT2D eigenvalue weighted by Gasteiger charge is 2.24. The second-order valence-corrected chi connectivity index (χ2v) is 8.71. The van der Waals surface area contributed by atoms with E-state index in [1.807, 2.05) is 11.3 Å². The summed E-state index contributed by atoms with van der Waals surface area (Å²) < 4.78 is 1.42. The van der Waals surface area contributed by atoms with Crippen LogP contribution in [0.3, 0.4) is 0 Å². The number of thiophene rings is 1. The molecule has 1 nitrogen and oxygen atoms in total. The van der Waals surface area contributed by atoms with Crippen LogP contribution in [0.25, 0.3) is 0 Å². The fourth-order valence-electron chi connectivity index (χ4n) is 3.03. The molecule has 1 heterocycles. The Morgan fingerprint density at radius 1 is 1.35 bits per heavy atom. The van der Waals surface area contributed by atoms with E-state index in [4.69, 9.17) is 0 Å². The van der Waals surface area contributed by atoms with Gasteiger partial charge in [0.1, 0.15) is 0 Å². The number of aryl methyl sites for hydroxylation is 2. The monoisotopic (exact) mass is 397 g/mol. The van der Waals surface area contributed by atoms with Crippen LogP contribution in [0.1, 0.15) is 53.4 Å². The third kappa shape index (κ3) is 3.10.